The number of nitrogens with zero attached hydrogens (tertiary/aromatic N) is 4. The lowest BCUT2D eigenvalue weighted by Crippen LogP contribution is -2.54. The number of anilines is 1. The maximum Gasteiger partial charge on any atom is 0.255 e. The molecule has 1 unspecified atom stereocenters. The molecule has 2 aromatic heterocycles. The average molecular weight is 379 g/mol. The first-order chi connectivity index (χ1) is 11.0. The number of aromatic nitrogens is 2. The van der Waals surface area contributed by atoms with Gasteiger partial charge in [-0.25, -0.2) is 4.98 Å². The number of piperazine rings is 1. The second-order valence-electron chi connectivity index (χ2n) is 5.50. The molecule has 0 spiro atoms. The molecular formula is C16H16BrFN4O. The van der Waals surface area contributed by atoms with Crippen molar-refractivity contribution in [2.75, 3.05) is 24.5 Å². The highest BCUT2D eigenvalue weighted by Gasteiger charge is 2.28. The van der Waals surface area contributed by atoms with Gasteiger partial charge in [0.25, 0.3) is 5.91 Å². The van der Waals surface area contributed by atoms with Gasteiger partial charge in [-0.3, -0.25) is 9.78 Å². The fourth-order valence-electron chi connectivity index (χ4n) is 2.75. The van der Waals surface area contributed by atoms with Crippen LogP contribution in [0.25, 0.3) is 0 Å². The Morgan fingerprint density at radius 3 is 2.87 bits per heavy atom. The molecule has 0 aliphatic carbocycles. The van der Waals surface area contributed by atoms with E-state index in [1.165, 1.54) is 6.07 Å². The van der Waals surface area contributed by atoms with E-state index >= 15 is 0 Å². The third kappa shape index (κ3) is 3.50. The monoisotopic (exact) mass is 378 g/mol. The van der Waals surface area contributed by atoms with Gasteiger partial charge in [-0.1, -0.05) is 6.07 Å². The Labute approximate surface area is 142 Å². The number of hydrogen-bond donors (Lipinski definition) is 0. The van der Waals surface area contributed by atoms with E-state index in [1.54, 1.807) is 35.5 Å². The van der Waals surface area contributed by atoms with Crippen LogP contribution in [0.4, 0.5) is 10.2 Å². The zero-order chi connectivity index (χ0) is 16.4. The van der Waals surface area contributed by atoms with Crippen LogP contribution in [-0.2, 0) is 0 Å². The highest BCUT2D eigenvalue weighted by atomic mass is 79.9. The largest absolute Gasteiger partial charge is 0.350 e. The van der Waals surface area contributed by atoms with Crippen LogP contribution < -0.4 is 4.90 Å². The molecule has 3 rings (SSSR count). The van der Waals surface area contributed by atoms with Gasteiger partial charge in [0.2, 0.25) is 5.95 Å². The Hall–Kier alpha value is -2.02. The summed E-state index contributed by atoms with van der Waals surface area (Å²) >= 11 is 3.33. The van der Waals surface area contributed by atoms with Gasteiger partial charge in [0.1, 0.15) is 5.82 Å². The molecule has 1 aliphatic rings. The van der Waals surface area contributed by atoms with E-state index < -0.39 is 5.95 Å². The van der Waals surface area contributed by atoms with Crippen molar-refractivity contribution in [3.8, 4) is 0 Å². The van der Waals surface area contributed by atoms with Crippen molar-refractivity contribution < 1.29 is 9.18 Å². The van der Waals surface area contributed by atoms with E-state index in [0.717, 1.165) is 4.47 Å². The number of pyridine rings is 2. The van der Waals surface area contributed by atoms with Crippen LogP contribution in [0.15, 0.2) is 41.1 Å². The van der Waals surface area contributed by atoms with E-state index in [4.69, 9.17) is 0 Å². The molecule has 1 aliphatic heterocycles. The Balaban J connectivity index is 1.72. The molecule has 7 heteroatoms. The molecule has 23 heavy (non-hydrogen) atoms. The third-order valence-electron chi connectivity index (χ3n) is 3.86. The topological polar surface area (TPSA) is 49.3 Å². The van der Waals surface area contributed by atoms with Crippen molar-refractivity contribution in [2.24, 2.45) is 0 Å². The molecule has 1 atom stereocenters. The number of halogens is 2. The van der Waals surface area contributed by atoms with Crippen molar-refractivity contribution in [2.45, 2.75) is 13.0 Å². The normalized spacial score (nSPS) is 18.1. The minimum absolute atomic E-state index is 0.0440. The summed E-state index contributed by atoms with van der Waals surface area (Å²) in [6, 6.07) is 6.58. The molecule has 3 heterocycles. The van der Waals surface area contributed by atoms with Gasteiger partial charge in [0, 0.05) is 42.5 Å². The van der Waals surface area contributed by atoms with Crippen LogP contribution in [0.2, 0.25) is 0 Å². The number of carbonyl (C=O) groups is 1. The molecular weight excluding hydrogens is 363 g/mol. The smallest absolute Gasteiger partial charge is 0.255 e. The minimum Gasteiger partial charge on any atom is -0.350 e. The number of hydrogen-bond acceptors (Lipinski definition) is 4. The molecule has 120 valence electrons. The molecule has 1 saturated heterocycles. The molecule has 1 amide bonds. The van der Waals surface area contributed by atoms with E-state index in [1.807, 2.05) is 11.8 Å². The Bertz CT molecular complexity index is 727. The fraction of sp³-hybridized carbons (Fsp3) is 0.312. The minimum atomic E-state index is -0.492. The average Bonchev–Trinajstić information content (AvgIpc) is 2.54. The van der Waals surface area contributed by atoms with Crippen molar-refractivity contribution in [3.05, 3.63) is 52.6 Å². The molecule has 5 nitrogen and oxygen atoms in total. The quantitative estimate of drug-likeness (QED) is 0.753. The Morgan fingerprint density at radius 1 is 1.35 bits per heavy atom. The molecule has 0 N–H and O–H groups in total. The second-order valence-corrected chi connectivity index (χ2v) is 6.42. The summed E-state index contributed by atoms with van der Waals surface area (Å²) in [5.74, 6) is 0.0691. The van der Waals surface area contributed by atoms with Crippen molar-refractivity contribution in [1.82, 2.24) is 14.9 Å². The highest BCUT2D eigenvalue weighted by molar-refractivity contribution is 9.10. The van der Waals surface area contributed by atoms with Gasteiger partial charge in [0.15, 0.2) is 0 Å². The summed E-state index contributed by atoms with van der Waals surface area (Å²) < 4.78 is 14.1. The van der Waals surface area contributed by atoms with Gasteiger partial charge in [-0.05, 0) is 41.1 Å². The molecule has 1 fully saturated rings. The molecule has 0 aromatic carbocycles. The lowest BCUT2D eigenvalue weighted by atomic mass is 10.1. The van der Waals surface area contributed by atoms with Crippen LogP contribution in [0, 0.1) is 5.95 Å². The Kier molecular flexibility index (Phi) is 4.56. The van der Waals surface area contributed by atoms with Crippen LogP contribution in [0.1, 0.15) is 17.3 Å². The highest BCUT2D eigenvalue weighted by Crippen LogP contribution is 2.20. The fourth-order valence-corrected chi connectivity index (χ4v) is 3.12. The zero-order valence-electron chi connectivity index (χ0n) is 12.6. The van der Waals surface area contributed by atoms with Crippen molar-refractivity contribution in [1.29, 1.82) is 0 Å². The van der Waals surface area contributed by atoms with Gasteiger partial charge in [-0.2, -0.15) is 4.39 Å². The lowest BCUT2D eigenvalue weighted by Gasteiger charge is -2.40. The first kappa shape index (κ1) is 15.9. The standard InChI is InChI=1S/C16H16BrFN4O/c1-11-10-21(16(23)12-7-13(17)9-19-8-12)5-6-22(11)15-4-2-3-14(18)20-15/h2-4,7-9,11H,5-6,10H2,1H3. The summed E-state index contributed by atoms with van der Waals surface area (Å²) in [5.41, 5.74) is 0.559. The summed E-state index contributed by atoms with van der Waals surface area (Å²) in [5, 5.41) is 0. The van der Waals surface area contributed by atoms with E-state index in [0.29, 0.717) is 31.0 Å². The van der Waals surface area contributed by atoms with Crippen LogP contribution in [0.5, 0.6) is 0 Å². The van der Waals surface area contributed by atoms with Crippen LogP contribution >= 0.6 is 15.9 Å². The van der Waals surface area contributed by atoms with Crippen molar-refractivity contribution >= 4 is 27.7 Å². The summed E-state index contributed by atoms with van der Waals surface area (Å²) in [6.07, 6.45) is 3.21. The van der Waals surface area contributed by atoms with E-state index in [9.17, 15) is 9.18 Å². The van der Waals surface area contributed by atoms with Gasteiger partial charge in [0.05, 0.1) is 5.56 Å². The SMILES string of the molecule is CC1CN(C(=O)c2cncc(Br)c2)CCN1c1cccc(F)n1. The van der Waals surface area contributed by atoms with Gasteiger partial charge < -0.3 is 9.80 Å². The predicted molar refractivity (Wildman–Crippen MR) is 88.8 cm³/mol. The van der Waals surface area contributed by atoms with Crippen LogP contribution in [0.3, 0.4) is 0 Å². The summed E-state index contributed by atoms with van der Waals surface area (Å²) in [7, 11) is 0. The second kappa shape index (κ2) is 6.62. The molecule has 0 bridgehead atoms. The zero-order valence-corrected chi connectivity index (χ0v) is 14.2. The molecule has 0 radical (unpaired) electrons. The predicted octanol–water partition coefficient (Wildman–Crippen LogP) is 2.73. The number of amides is 1. The van der Waals surface area contributed by atoms with E-state index in [-0.39, 0.29) is 11.9 Å². The van der Waals surface area contributed by atoms with Crippen LogP contribution in [-0.4, -0.2) is 46.5 Å². The lowest BCUT2D eigenvalue weighted by molar-refractivity contribution is 0.0725. The maximum atomic E-state index is 13.3. The summed E-state index contributed by atoms with van der Waals surface area (Å²) in [4.78, 5) is 24.3. The first-order valence-corrected chi connectivity index (χ1v) is 8.13. The molecule has 0 saturated carbocycles. The first-order valence-electron chi connectivity index (χ1n) is 7.33. The number of rotatable bonds is 2. The van der Waals surface area contributed by atoms with Gasteiger partial charge in [-0.15, -0.1) is 0 Å². The number of carbonyl (C=O) groups excluding carboxylic acids is 1. The Morgan fingerprint density at radius 2 is 2.17 bits per heavy atom. The maximum absolute atomic E-state index is 13.3. The van der Waals surface area contributed by atoms with E-state index in [2.05, 4.69) is 25.9 Å². The van der Waals surface area contributed by atoms with Crippen molar-refractivity contribution in [3.63, 3.8) is 0 Å². The van der Waals surface area contributed by atoms with Gasteiger partial charge >= 0.3 is 0 Å². The third-order valence-corrected chi connectivity index (χ3v) is 4.29. The summed E-state index contributed by atoms with van der Waals surface area (Å²) in [6.45, 7) is 3.74. The molecule has 2 aromatic rings.